The van der Waals surface area contributed by atoms with E-state index < -0.39 is 0 Å². The third-order valence-electron chi connectivity index (χ3n) is 0. The zero-order valence-electron chi connectivity index (χ0n) is 2.40. The summed E-state index contributed by atoms with van der Waals surface area (Å²) < 4.78 is 0. The Bertz CT molecular complexity index is 11.6. The molecular weight excluding hydrogens is 233 g/mol. The molecule has 0 spiro atoms. The summed E-state index contributed by atoms with van der Waals surface area (Å²) in [6, 6.07) is 0. The number of rotatable bonds is 0. The molecule has 0 saturated carbocycles. The number of hydrogen-bond acceptors (Lipinski definition) is 1. The Labute approximate surface area is 86.9 Å². The van der Waals surface area contributed by atoms with Crippen molar-refractivity contribution in [3.05, 3.63) is 0 Å². The third kappa shape index (κ3) is 20.1. The zero-order valence-corrected chi connectivity index (χ0v) is 8.30. The van der Waals surface area contributed by atoms with Crippen LogP contribution < -0.4 is 0 Å². The molecule has 5 heavy (non-hydrogen) atoms. The molecule has 0 nitrogen and oxygen atoms in total. The van der Waals surface area contributed by atoms with Crippen molar-refractivity contribution in [2.24, 2.45) is 0 Å². The maximum atomic E-state index is 3.77. The van der Waals surface area contributed by atoms with E-state index in [0.717, 1.165) is 0 Å². The second kappa shape index (κ2) is 29.4. The van der Waals surface area contributed by atoms with Gasteiger partial charge in [0.15, 0.2) is 0 Å². The molecule has 0 rings (SSSR count). The summed E-state index contributed by atoms with van der Waals surface area (Å²) in [5, 5.41) is 0. The van der Waals surface area contributed by atoms with Gasteiger partial charge < -0.3 is 0 Å². The van der Waals surface area contributed by atoms with E-state index in [2.05, 4.69) is 24.9 Å². The van der Waals surface area contributed by atoms with Crippen LogP contribution in [0.3, 0.4) is 0 Å². The van der Waals surface area contributed by atoms with Gasteiger partial charge in [-0.2, -0.15) is 0 Å². The summed E-state index contributed by atoms with van der Waals surface area (Å²) in [4.78, 5) is 0. The Balaban J connectivity index is -0.00000000167. The van der Waals surface area contributed by atoms with Crippen LogP contribution in [0.25, 0.3) is 0 Å². The normalized spacial score (nSPS) is 1.20. The van der Waals surface area contributed by atoms with Crippen LogP contribution in [0.2, 0.25) is 0 Å². The molecule has 0 aliphatic carbocycles. The SMILES string of the molecule is [Co].[Fe].[Na].[S]=[Cu]. The molecule has 0 unspecified atom stereocenters. The van der Waals surface area contributed by atoms with Crippen LogP contribution in [-0.2, 0) is 48.2 Å². The molecule has 0 aliphatic heterocycles. The summed E-state index contributed by atoms with van der Waals surface area (Å²) in [6.45, 7) is 0. The monoisotopic (exact) mass is 233 g/mol. The summed E-state index contributed by atoms with van der Waals surface area (Å²) in [5.74, 6) is 0. The minimum atomic E-state index is 0. The molecule has 0 N–H and O–H groups in total. The van der Waals surface area contributed by atoms with Crippen LogP contribution in [0, 0.1) is 0 Å². The molecule has 0 bridgehead atoms. The summed E-state index contributed by atoms with van der Waals surface area (Å²) in [7, 11) is 3.65. The van der Waals surface area contributed by atoms with Crippen LogP contribution in [0.1, 0.15) is 0 Å². The van der Waals surface area contributed by atoms with Crippen molar-refractivity contribution in [2.75, 3.05) is 0 Å². The van der Waals surface area contributed by atoms with Crippen LogP contribution in [-0.4, -0.2) is 29.6 Å². The average Bonchev–Trinajstić information content (AvgIpc) is 1.00. The molecule has 0 aliphatic rings. The molecule has 0 amide bonds. The molecule has 0 saturated heterocycles. The van der Waals surface area contributed by atoms with Crippen molar-refractivity contribution in [3.63, 3.8) is 0 Å². The van der Waals surface area contributed by atoms with Gasteiger partial charge >= 0.3 is 24.9 Å². The van der Waals surface area contributed by atoms with E-state index in [1.165, 1.54) is 0 Å². The third-order valence-corrected chi connectivity index (χ3v) is 0. The van der Waals surface area contributed by atoms with E-state index in [-0.39, 0.29) is 63.4 Å². The molecule has 0 atom stereocenters. The summed E-state index contributed by atoms with van der Waals surface area (Å²) >= 11 is 3.77. The maximum absolute atomic E-state index is 3.77. The fourth-order valence-electron chi connectivity index (χ4n) is 0. The molecule has 0 fully saturated rings. The molecule has 35 valence electrons. The summed E-state index contributed by atoms with van der Waals surface area (Å²) in [6.07, 6.45) is 0. The van der Waals surface area contributed by atoms with Crippen molar-refractivity contribution in [3.8, 4) is 0 Å². The second-order valence-electron chi connectivity index (χ2n) is 0. The van der Waals surface area contributed by atoms with Gasteiger partial charge in [-0.05, 0) is 0 Å². The van der Waals surface area contributed by atoms with E-state index in [9.17, 15) is 0 Å². The first-order valence-corrected chi connectivity index (χ1v) is 1.52. The van der Waals surface area contributed by atoms with Gasteiger partial charge in [0.05, 0.1) is 0 Å². The predicted molar refractivity (Wildman–Crippen MR) is 13.3 cm³/mol. The first-order valence-electron chi connectivity index (χ1n) is 0.123. The molecule has 0 heterocycles. The second-order valence-corrected chi connectivity index (χ2v) is 0. The van der Waals surface area contributed by atoms with Crippen LogP contribution in [0.5, 0.6) is 0 Å². The van der Waals surface area contributed by atoms with E-state index in [0.29, 0.717) is 0 Å². The standard InChI is InChI=1S/Co.Cu.Fe.Na.S. The quantitative estimate of drug-likeness (QED) is 0.541. The fourth-order valence-corrected chi connectivity index (χ4v) is 0. The molecule has 5 heteroatoms. The van der Waals surface area contributed by atoms with Crippen molar-refractivity contribution in [1.82, 2.24) is 0 Å². The van der Waals surface area contributed by atoms with Gasteiger partial charge in [-0.25, -0.2) is 0 Å². The predicted octanol–water partition coefficient (Wildman–Crippen LogP) is 0.260. The fraction of sp³-hybridized carbons (Fsp3) is 0. The van der Waals surface area contributed by atoms with Gasteiger partial charge in [0.1, 0.15) is 0 Å². The molecule has 0 aromatic heterocycles. The van der Waals surface area contributed by atoms with Gasteiger partial charge in [0.25, 0.3) is 0 Å². The van der Waals surface area contributed by atoms with E-state index in [1.54, 1.807) is 0 Å². The van der Waals surface area contributed by atoms with Gasteiger partial charge in [-0.3, -0.25) is 0 Å². The van der Waals surface area contributed by atoms with E-state index >= 15 is 0 Å². The Morgan fingerprint density at radius 3 is 1.20 bits per heavy atom. The van der Waals surface area contributed by atoms with Crippen molar-refractivity contribution >= 4 is 40.1 Å². The zero-order chi connectivity index (χ0) is 2.00. The Hall–Kier alpha value is 2.77. The molecule has 0 aromatic carbocycles. The molecule has 0 aromatic rings. The Kier molecular flexibility index (Phi) is 147. The van der Waals surface area contributed by atoms with E-state index in [1.807, 2.05) is 0 Å². The van der Waals surface area contributed by atoms with Crippen molar-refractivity contribution in [1.29, 1.82) is 0 Å². The number of hydrogen-bond donors (Lipinski definition) is 0. The first-order chi connectivity index (χ1) is 1.00. The van der Waals surface area contributed by atoms with Crippen LogP contribution in [0.4, 0.5) is 0 Å². The Morgan fingerprint density at radius 2 is 1.20 bits per heavy atom. The topological polar surface area (TPSA) is 0 Å². The van der Waals surface area contributed by atoms with E-state index in [4.69, 9.17) is 0 Å². The molecule has 2 radical (unpaired) electrons. The summed E-state index contributed by atoms with van der Waals surface area (Å²) in [5.41, 5.74) is 0. The molecular formula is CoCuFeNaS. The first kappa shape index (κ1) is 25.1. The van der Waals surface area contributed by atoms with Crippen LogP contribution >= 0.6 is 10.6 Å². The minimum absolute atomic E-state index is 0. The van der Waals surface area contributed by atoms with Gasteiger partial charge in [-0.15, -0.1) is 0 Å². The van der Waals surface area contributed by atoms with Crippen molar-refractivity contribution < 1.29 is 48.2 Å². The van der Waals surface area contributed by atoms with Gasteiger partial charge in [0.2, 0.25) is 0 Å². The van der Waals surface area contributed by atoms with Gasteiger partial charge in [-0.1, -0.05) is 0 Å². The van der Waals surface area contributed by atoms with Gasteiger partial charge in [0, 0.05) is 63.4 Å². The van der Waals surface area contributed by atoms with Crippen molar-refractivity contribution in [2.45, 2.75) is 0 Å². The van der Waals surface area contributed by atoms with Crippen LogP contribution in [0.15, 0.2) is 0 Å². The average molecular weight is 233 g/mol. The Morgan fingerprint density at radius 1 is 1.20 bits per heavy atom.